The normalized spacial score (nSPS) is 11.3. The van der Waals surface area contributed by atoms with Gasteiger partial charge in [-0.05, 0) is 177 Å². The summed E-state index contributed by atoms with van der Waals surface area (Å²) in [7, 11) is 3.44. The van der Waals surface area contributed by atoms with Crippen molar-refractivity contribution in [3.8, 4) is 56.0 Å². The Hall–Kier alpha value is -9.12. The lowest BCUT2D eigenvalue weighted by molar-refractivity contribution is 0.414. The van der Waals surface area contributed by atoms with Crippen molar-refractivity contribution in [3.63, 3.8) is 0 Å². The van der Waals surface area contributed by atoms with Crippen LogP contribution in [0.15, 0.2) is 243 Å². The molecular weight excluding hydrogens is 877 g/mol. The molecule has 0 atom stereocenters. The smallest absolute Gasteiger partial charge is 0.119 e. The number of nitrogens with zero attached hydrogens (tertiary/aromatic N) is 2. The first kappa shape index (κ1) is 44.1. The van der Waals surface area contributed by atoms with E-state index < -0.39 is 0 Å². The molecule has 12 aromatic carbocycles. The molecule has 0 aliphatic heterocycles. The first-order valence-corrected chi connectivity index (χ1v) is 24.5. The lowest BCUT2D eigenvalue weighted by Crippen LogP contribution is -2.12. The molecule has 4 heteroatoms. The number of anilines is 6. The maximum absolute atomic E-state index is 5.71. The van der Waals surface area contributed by atoms with Gasteiger partial charge in [0.25, 0.3) is 0 Å². The molecule has 0 fully saturated rings. The molecular formula is C68H52N2O2. The third kappa shape index (κ3) is 8.23. The molecule has 72 heavy (non-hydrogen) atoms. The van der Waals surface area contributed by atoms with E-state index in [2.05, 4.69) is 266 Å². The summed E-state index contributed by atoms with van der Waals surface area (Å²) < 4.78 is 11.4. The van der Waals surface area contributed by atoms with Gasteiger partial charge in [0, 0.05) is 33.5 Å². The van der Waals surface area contributed by atoms with Gasteiger partial charge in [0.15, 0.2) is 0 Å². The van der Waals surface area contributed by atoms with E-state index in [1.54, 1.807) is 14.2 Å². The van der Waals surface area contributed by atoms with Crippen molar-refractivity contribution < 1.29 is 9.47 Å². The van der Waals surface area contributed by atoms with E-state index >= 15 is 0 Å². The minimum atomic E-state index is 0.807. The number of ether oxygens (including phenoxy) is 2. The molecule has 0 heterocycles. The first-order chi connectivity index (χ1) is 35.4. The van der Waals surface area contributed by atoms with Crippen molar-refractivity contribution in [2.24, 2.45) is 0 Å². The maximum atomic E-state index is 5.71. The number of methoxy groups -OCH3 is 2. The minimum absolute atomic E-state index is 0.807. The number of rotatable bonds is 12. The second-order valence-electron chi connectivity index (χ2n) is 18.7. The number of benzene rings is 12. The van der Waals surface area contributed by atoms with Gasteiger partial charge in [-0.1, -0.05) is 157 Å². The van der Waals surface area contributed by atoms with E-state index in [4.69, 9.17) is 9.47 Å². The highest BCUT2D eigenvalue weighted by molar-refractivity contribution is 6.28. The SMILES string of the molecule is COc1ccc(N(c2cc(-c3ccccc3)cc(-c3ccc(C)cc3)c2)c2ccc3ccc4c(N(c5ccc(OC)cc5)c5cc(-c6ccccc6)cc(-c6ccc(C)cc6)c5)ccc5ccc2c3c54)cc1. The summed E-state index contributed by atoms with van der Waals surface area (Å²) in [5.41, 5.74) is 18.0. The lowest BCUT2D eigenvalue weighted by Gasteiger charge is -2.30. The van der Waals surface area contributed by atoms with Crippen LogP contribution >= 0.6 is 0 Å². The van der Waals surface area contributed by atoms with E-state index in [0.717, 1.165) is 89.8 Å². The van der Waals surface area contributed by atoms with Crippen LogP contribution < -0.4 is 19.3 Å². The monoisotopic (exact) mass is 928 g/mol. The molecule has 0 bridgehead atoms. The summed E-state index contributed by atoms with van der Waals surface area (Å²) in [5.74, 6) is 1.61. The predicted molar refractivity (Wildman–Crippen MR) is 304 cm³/mol. The van der Waals surface area contributed by atoms with Gasteiger partial charge in [-0.25, -0.2) is 0 Å². The van der Waals surface area contributed by atoms with Crippen molar-refractivity contribution in [3.05, 3.63) is 254 Å². The average molecular weight is 929 g/mol. The third-order valence-electron chi connectivity index (χ3n) is 14.1. The highest BCUT2D eigenvalue weighted by atomic mass is 16.5. The zero-order valence-corrected chi connectivity index (χ0v) is 40.8. The van der Waals surface area contributed by atoms with Crippen molar-refractivity contribution in [1.82, 2.24) is 0 Å². The third-order valence-corrected chi connectivity index (χ3v) is 14.1. The molecule has 0 aliphatic rings. The van der Waals surface area contributed by atoms with E-state index in [9.17, 15) is 0 Å². The van der Waals surface area contributed by atoms with Gasteiger partial charge in [-0.15, -0.1) is 0 Å². The number of hydrogen-bond acceptors (Lipinski definition) is 4. The molecule has 12 rings (SSSR count). The van der Waals surface area contributed by atoms with E-state index in [-0.39, 0.29) is 0 Å². The molecule has 4 nitrogen and oxygen atoms in total. The zero-order valence-electron chi connectivity index (χ0n) is 40.8. The standard InChI is InChI=1S/C68H52N2O2/c1-45-15-19-49(20-16-45)55-39-53(47-11-7-5-8-12-47)41-59(43-55)69(57-27-31-61(71-3)32-28-57)65-37-25-51-24-36-64-66(38-26-52-23-35-63(65)67(51)68(52)64)70(58-29-33-62(72-4)34-30-58)60-42-54(48-13-9-6-10-14-48)40-56(44-60)50-21-17-46(2)18-22-50/h5-44H,1-4H3. The van der Waals surface area contributed by atoms with Crippen LogP contribution in [0.2, 0.25) is 0 Å². The number of hydrogen-bond donors (Lipinski definition) is 0. The average Bonchev–Trinajstić information content (AvgIpc) is 3.44. The maximum Gasteiger partial charge on any atom is 0.119 e. The second-order valence-corrected chi connectivity index (χ2v) is 18.7. The Morgan fingerprint density at radius 1 is 0.278 bits per heavy atom. The van der Waals surface area contributed by atoms with Crippen molar-refractivity contribution in [1.29, 1.82) is 0 Å². The fourth-order valence-electron chi connectivity index (χ4n) is 10.4. The van der Waals surface area contributed by atoms with Crippen LogP contribution in [0.4, 0.5) is 34.1 Å². The Morgan fingerprint density at radius 3 is 0.958 bits per heavy atom. The Balaban J connectivity index is 1.10. The number of aryl methyl sites for hydroxylation is 2. The van der Waals surface area contributed by atoms with Crippen LogP contribution in [0.3, 0.4) is 0 Å². The van der Waals surface area contributed by atoms with Crippen molar-refractivity contribution >= 4 is 66.4 Å². The molecule has 0 aromatic heterocycles. The molecule has 0 saturated heterocycles. The fraction of sp³-hybridized carbons (Fsp3) is 0.0588. The Kier molecular flexibility index (Phi) is 11.4. The minimum Gasteiger partial charge on any atom is -0.497 e. The first-order valence-electron chi connectivity index (χ1n) is 24.5. The van der Waals surface area contributed by atoms with E-state index in [1.807, 2.05) is 0 Å². The van der Waals surface area contributed by atoms with Gasteiger partial charge in [0.2, 0.25) is 0 Å². The van der Waals surface area contributed by atoms with Crippen LogP contribution in [0.25, 0.3) is 76.8 Å². The van der Waals surface area contributed by atoms with E-state index in [0.29, 0.717) is 0 Å². The highest BCUT2D eigenvalue weighted by Gasteiger charge is 2.24. The molecule has 346 valence electrons. The lowest BCUT2D eigenvalue weighted by atomic mass is 9.91. The summed E-state index contributed by atoms with van der Waals surface area (Å²) in [4.78, 5) is 4.84. The zero-order chi connectivity index (χ0) is 48.7. The molecule has 0 saturated carbocycles. The van der Waals surface area contributed by atoms with E-state index in [1.165, 1.54) is 43.8 Å². The van der Waals surface area contributed by atoms with Gasteiger partial charge >= 0.3 is 0 Å². The summed E-state index contributed by atoms with van der Waals surface area (Å²) in [6, 6.07) is 88.3. The van der Waals surface area contributed by atoms with Crippen molar-refractivity contribution in [2.45, 2.75) is 13.8 Å². The summed E-state index contributed by atoms with van der Waals surface area (Å²) in [6.07, 6.45) is 0. The van der Waals surface area contributed by atoms with Crippen LogP contribution in [0.5, 0.6) is 11.5 Å². The van der Waals surface area contributed by atoms with Crippen LogP contribution in [-0.2, 0) is 0 Å². The van der Waals surface area contributed by atoms with Gasteiger partial charge in [-0.3, -0.25) is 0 Å². The van der Waals surface area contributed by atoms with Gasteiger partial charge < -0.3 is 19.3 Å². The highest BCUT2D eigenvalue weighted by Crippen LogP contribution is 2.49. The van der Waals surface area contributed by atoms with Gasteiger partial charge in [-0.2, -0.15) is 0 Å². The predicted octanol–water partition coefficient (Wildman–Crippen LogP) is 18.8. The second kappa shape index (κ2) is 18.7. The molecule has 0 radical (unpaired) electrons. The Labute approximate surface area is 421 Å². The summed E-state index contributed by atoms with van der Waals surface area (Å²) >= 11 is 0. The summed E-state index contributed by atoms with van der Waals surface area (Å²) in [6.45, 7) is 4.28. The Morgan fingerprint density at radius 2 is 0.611 bits per heavy atom. The molecule has 0 aliphatic carbocycles. The van der Waals surface area contributed by atoms with Crippen LogP contribution in [-0.4, -0.2) is 14.2 Å². The van der Waals surface area contributed by atoms with Crippen molar-refractivity contribution in [2.75, 3.05) is 24.0 Å². The molecule has 0 N–H and O–H groups in total. The molecule has 12 aromatic rings. The van der Waals surface area contributed by atoms with Crippen LogP contribution in [0, 0.1) is 13.8 Å². The molecule has 0 spiro atoms. The summed E-state index contributed by atoms with van der Waals surface area (Å²) in [5, 5.41) is 7.11. The van der Waals surface area contributed by atoms with Crippen LogP contribution in [0.1, 0.15) is 11.1 Å². The fourth-order valence-corrected chi connectivity index (χ4v) is 10.4. The Bertz CT molecular complexity index is 3610. The van der Waals surface area contributed by atoms with Gasteiger partial charge in [0.1, 0.15) is 11.5 Å². The quantitative estimate of drug-likeness (QED) is 0.114. The largest absolute Gasteiger partial charge is 0.497 e. The topological polar surface area (TPSA) is 24.9 Å². The molecule has 0 amide bonds. The molecule has 0 unspecified atom stereocenters. The van der Waals surface area contributed by atoms with Gasteiger partial charge in [0.05, 0.1) is 25.6 Å².